The molecule has 4 rings (SSSR count). The first-order valence-corrected chi connectivity index (χ1v) is 11.1. The van der Waals surface area contributed by atoms with Crippen LogP contribution in [0, 0.1) is 36.5 Å². The largest absolute Gasteiger partial charge is 0.321 e. The van der Waals surface area contributed by atoms with Crippen LogP contribution in [0.4, 0.5) is 5.69 Å². The molecule has 1 amide bonds. The number of thiophene rings is 1. The molecular formula is C25H22N4OS. The van der Waals surface area contributed by atoms with Crippen molar-refractivity contribution in [1.29, 1.82) is 10.5 Å². The SMILES string of the molecule is Cc1cc(/C=C(\C#N)C(=O)Nc2ccccc2)c(C)n1-c1sc2c(c1C#N)CCCC2. The summed E-state index contributed by atoms with van der Waals surface area (Å²) in [7, 11) is 0. The minimum absolute atomic E-state index is 0.0371. The second kappa shape index (κ2) is 8.63. The maximum absolute atomic E-state index is 12.6. The van der Waals surface area contributed by atoms with Crippen molar-refractivity contribution < 1.29 is 4.79 Å². The van der Waals surface area contributed by atoms with Crippen LogP contribution in [0.5, 0.6) is 0 Å². The zero-order valence-electron chi connectivity index (χ0n) is 17.5. The average Bonchev–Trinajstić information content (AvgIpc) is 3.28. The van der Waals surface area contributed by atoms with Crippen LogP contribution in [-0.4, -0.2) is 10.5 Å². The number of hydrogen-bond acceptors (Lipinski definition) is 4. The van der Waals surface area contributed by atoms with Gasteiger partial charge in [0, 0.05) is 22.0 Å². The lowest BCUT2D eigenvalue weighted by Gasteiger charge is -2.10. The molecule has 2 aromatic heterocycles. The average molecular weight is 427 g/mol. The molecule has 6 heteroatoms. The Kier molecular flexibility index (Phi) is 5.75. The Hall–Kier alpha value is -3.61. The number of aryl methyl sites for hydroxylation is 2. The predicted molar refractivity (Wildman–Crippen MR) is 123 cm³/mol. The van der Waals surface area contributed by atoms with Crippen molar-refractivity contribution >= 4 is 29.0 Å². The molecule has 0 saturated heterocycles. The molecule has 0 atom stereocenters. The molecule has 0 aliphatic heterocycles. The van der Waals surface area contributed by atoms with Gasteiger partial charge in [-0.25, -0.2) is 0 Å². The van der Waals surface area contributed by atoms with E-state index in [1.54, 1.807) is 29.5 Å². The van der Waals surface area contributed by atoms with Crippen LogP contribution >= 0.6 is 11.3 Å². The van der Waals surface area contributed by atoms with E-state index in [-0.39, 0.29) is 5.57 Å². The zero-order valence-corrected chi connectivity index (χ0v) is 18.3. The highest BCUT2D eigenvalue weighted by atomic mass is 32.1. The Bertz CT molecular complexity index is 1270. The van der Waals surface area contributed by atoms with E-state index < -0.39 is 5.91 Å². The monoisotopic (exact) mass is 426 g/mol. The second-order valence-corrected chi connectivity index (χ2v) is 8.74. The first-order chi connectivity index (χ1) is 15.0. The van der Waals surface area contributed by atoms with Gasteiger partial charge in [-0.1, -0.05) is 18.2 Å². The van der Waals surface area contributed by atoms with Crippen molar-refractivity contribution in [3.05, 3.63) is 74.9 Å². The van der Waals surface area contributed by atoms with Gasteiger partial charge in [0.1, 0.15) is 22.7 Å². The fourth-order valence-electron chi connectivity index (χ4n) is 4.09. The van der Waals surface area contributed by atoms with Crippen LogP contribution in [0.1, 0.15) is 45.8 Å². The number of hydrogen-bond donors (Lipinski definition) is 1. The molecule has 0 bridgehead atoms. The maximum atomic E-state index is 12.6. The minimum atomic E-state index is -0.442. The number of para-hydroxylation sites is 1. The molecule has 5 nitrogen and oxygen atoms in total. The van der Waals surface area contributed by atoms with Gasteiger partial charge in [0.05, 0.1) is 5.56 Å². The molecule has 2 heterocycles. The summed E-state index contributed by atoms with van der Waals surface area (Å²) in [5.41, 5.74) is 5.31. The van der Waals surface area contributed by atoms with E-state index in [9.17, 15) is 15.3 Å². The van der Waals surface area contributed by atoms with Crippen molar-refractivity contribution in [3.63, 3.8) is 0 Å². The standard InChI is InChI=1S/C25H22N4OS/c1-16-12-18(13-19(14-26)24(30)28-20-8-4-3-5-9-20)17(2)29(16)25-22(15-27)21-10-6-7-11-23(21)31-25/h3-5,8-9,12-13H,6-7,10-11H2,1-2H3,(H,28,30)/b19-13+. The number of amides is 1. The number of anilines is 1. The molecule has 0 unspecified atom stereocenters. The number of carbonyl (C=O) groups is 1. The van der Waals surface area contributed by atoms with Crippen LogP contribution in [0.3, 0.4) is 0 Å². The van der Waals surface area contributed by atoms with Crippen molar-refractivity contribution in [1.82, 2.24) is 4.57 Å². The second-order valence-electron chi connectivity index (χ2n) is 7.65. The number of rotatable bonds is 4. The predicted octanol–water partition coefficient (Wildman–Crippen LogP) is 5.45. The van der Waals surface area contributed by atoms with Gasteiger partial charge in [0.15, 0.2) is 0 Å². The van der Waals surface area contributed by atoms with Gasteiger partial charge in [-0.3, -0.25) is 4.79 Å². The van der Waals surface area contributed by atoms with Crippen molar-refractivity contribution in [2.75, 3.05) is 5.32 Å². The van der Waals surface area contributed by atoms with Gasteiger partial charge < -0.3 is 9.88 Å². The Morgan fingerprint density at radius 2 is 1.90 bits per heavy atom. The first-order valence-electron chi connectivity index (χ1n) is 10.3. The van der Waals surface area contributed by atoms with E-state index in [2.05, 4.69) is 16.0 Å². The number of nitriles is 2. The van der Waals surface area contributed by atoms with Crippen LogP contribution < -0.4 is 5.32 Å². The van der Waals surface area contributed by atoms with Crippen LogP contribution in [0.2, 0.25) is 0 Å². The first kappa shape index (κ1) is 20.7. The van der Waals surface area contributed by atoms with E-state index in [0.29, 0.717) is 5.69 Å². The fourth-order valence-corrected chi connectivity index (χ4v) is 5.54. The van der Waals surface area contributed by atoms with Crippen molar-refractivity contribution in [2.45, 2.75) is 39.5 Å². The summed E-state index contributed by atoms with van der Waals surface area (Å²) >= 11 is 1.69. The van der Waals surface area contributed by atoms with Gasteiger partial charge in [-0.05, 0) is 74.9 Å². The summed E-state index contributed by atoms with van der Waals surface area (Å²) in [6.45, 7) is 3.95. The van der Waals surface area contributed by atoms with Crippen molar-refractivity contribution in [3.8, 4) is 17.1 Å². The number of benzene rings is 1. The molecule has 1 aliphatic rings. The van der Waals surface area contributed by atoms with Gasteiger partial charge in [0.2, 0.25) is 0 Å². The van der Waals surface area contributed by atoms with Gasteiger partial charge in [0.25, 0.3) is 5.91 Å². The number of nitrogens with one attached hydrogen (secondary N) is 1. The number of nitrogens with zero attached hydrogens (tertiary/aromatic N) is 3. The molecule has 1 aliphatic carbocycles. The zero-order chi connectivity index (χ0) is 22.0. The Balaban J connectivity index is 1.72. The van der Waals surface area contributed by atoms with Gasteiger partial charge in [-0.2, -0.15) is 10.5 Å². The summed E-state index contributed by atoms with van der Waals surface area (Å²) in [5.74, 6) is -0.442. The third kappa shape index (κ3) is 3.91. The fraction of sp³-hybridized carbons (Fsp3) is 0.240. The van der Waals surface area contributed by atoms with Crippen LogP contribution in [0.15, 0.2) is 42.0 Å². The van der Waals surface area contributed by atoms with E-state index in [4.69, 9.17) is 0 Å². The Morgan fingerprint density at radius 1 is 1.16 bits per heavy atom. The quantitative estimate of drug-likeness (QED) is 0.445. The summed E-state index contributed by atoms with van der Waals surface area (Å²) in [6, 6.07) is 15.5. The minimum Gasteiger partial charge on any atom is -0.321 e. The van der Waals surface area contributed by atoms with Crippen LogP contribution in [-0.2, 0) is 17.6 Å². The van der Waals surface area contributed by atoms with Gasteiger partial charge in [-0.15, -0.1) is 11.3 Å². The van der Waals surface area contributed by atoms with E-state index >= 15 is 0 Å². The summed E-state index contributed by atoms with van der Waals surface area (Å²) < 4.78 is 2.08. The normalized spacial score (nSPS) is 13.2. The molecule has 3 aromatic rings. The van der Waals surface area contributed by atoms with Gasteiger partial charge >= 0.3 is 0 Å². The lowest BCUT2D eigenvalue weighted by Crippen LogP contribution is -2.13. The summed E-state index contributed by atoms with van der Waals surface area (Å²) in [4.78, 5) is 13.9. The molecule has 1 aromatic carbocycles. The molecule has 0 spiro atoms. The van der Waals surface area contributed by atoms with Crippen molar-refractivity contribution in [2.24, 2.45) is 0 Å². The highest BCUT2D eigenvalue weighted by Crippen LogP contribution is 2.38. The lowest BCUT2D eigenvalue weighted by molar-refractivity contribution is -0.112. The van der Waals surface area contributed by atoms with E-state index in [0.717, 1.165) is 53.2 Å². The molecular weight excluding hydrogens is 404 g/mol. The molecule has 0 radical (unpaired) electrons. The number of carbonyl (C=O) groups excluding carboxylic acids is 1. The van der Waals surface area contributed by atoms with E-state index in [1.165, 1.54) is 10.4 Å². The molecule has 0 saturated carbocycles. The smallest absolute Gasteiger partial charge is 0.266 e. The molecule has 1 N–H and O–H groups in total. The topological polar surface area (TPSA) is 81.6 Å². The number of fused-ring (bicyclic) bond motifs is 1. The Morgan fingerprint density at radius 3 is 2.61 bits per heavy atom. The highest BCUT2D eigenvalue weighted by Gasteiger charge is 2.24. The van der Waals surface area contributed by atoms with Crippen LogP contribution in [0.25, 0.3) is 11.1 Å². The molecule has 0 fully saturated rings. The highest BCUT2D eigenvalue weighted by molar-refractivity contribution is 7.15. The summed E-state index contributed by atoms with van der Waals surface area (Å²) in [6.07, 6.45) is 5.89. The maximum Gasteiger partial charge on any atom is 0.266 e. The molecule has 31 heavy (non-hydrogen) atoms. The molecule has 154 valence electrons. The third-order valence-corrected chi connectivity index (χ3v) is 6.91. The Labute approximate surface area is 185 Å². The van der Waals surface area contributed by atoms with E-state index in [1.807, 2.05) is 44.2 Å². The number of aromatic nitrogens is 1. The lowest BCUT2D eigenvalue weighted by atomic mass is 9.96. The third-order valence-electron chi connectivity index (χ3n) is 5.63. The summed E-state index contributed by atoms with van der Waals surface area (Å²) in [5, 5.41) is 23.1.